The van der Waals surface area contributed by atoms with Crippen LogP contribution in [-0.4, -0.2) is 47.8 Å². The number of hydrogen-bond acceptors (Lipinski definition) is 3. The summed E-state index contributed by atoms with van der Waals surface area (Å²) in [5, 5.41) is 10.1. The summed E-state index contributed by atoms with van der Waals surface area (Å²) in [6, 6.07) is 0. The maximum absolute atomic E-state index is 11.5. The highest BCUT2D eigenvalue weighted by Crippen LogP contribution is 2.31. The Labute approximate surface area is 84.4 Å². The van der Waals surface area contributed by atoms with E-state index in [0.29, 0.717) is 12.5 Å². The van der Waals surface area contributed by atoms with Crippen LogP contribution in [0.25, 0.3) is 0 Å². The normalized spacial score (nSPS) is 31.4. The van der Waals surface area contributed by atoms with E-state index in [9.17, 15) is 10.0 Å². The van der Waals surface area contributed by atoms with Crippen molar-refractivity contribution in [3.63, 3.8) is 0 Å². The number of hydroxylamine groups is 2. The SMILES string of the molecule is CN1CCC(C2CCN(O)C2=O)CC1. The summed E-state index contributed by atoms with van der Waals surface area (Å²) in [6.45, 7) is 2.69. The lowest BCUT2D eigenvalue weighted by Gasteiger charge is -2.31. The molecule has 0 bridgehead atoms. The highest BCUT2D eigenvalue weighted by molar-refractivity contribution is 5.79. The number of rotatable bonds is 1. The number of likely N-dealkylation sites (tertiary alicyclic amines) is 1. The van der Waals surface area contributed by atoms with Crippen LogP contribution >= 0.6 is 0 Å². The van der Waals surface area contributed by atoms with Gasteiger partial charge in [0.1, 0.15) is 0 Å². The van der Waals surface area contributed by atoms with E-state index in [4.69, 9.17) is 0 Å². The molecule has 1 N–H and O–H groups in total. The monoisotopic (exact) mass is 198 g/mol. The van der Waals surface area contributed by atoms with E-state index in [1.165, 1.54) is 0 Å². The summed E-state index contributed by atoms with van der Waals surface area (Å²) >= 11 is 0. The molecule has 80 valence electrons. The Balaban J connectivity index is 1.93. The first-order chi connectivity index (χ1) is 6.68. The number of carbonyl (C=O) groups is 1. The minimum absolute atomic E-state index is 0.0560. The molecule has 0 spiro atoms. The first-order valence-corrected chi connectivity index (χ1v) is 5.37. The van der Waals surface area contributed by atoms with Gasteiger partial charge in [0.15, 0.2) is 0 Å². The molecular weight excluding hydrogens is 180 g/mol. The second-order valence-electron chi connectivity index (χ2n) is 4.50. The Morgan fingerprint density at radius 1 is 1.21 bits per heavy atom. The minimum Gasteiger partial charge on any atom is -0.306 e. The van der Waals surface area contributed by atoms with Gasteiger partial charge < -0.3 is 4.90 Å². The predicted molar refractivity (Wildman–Crippen MR) is 51.8 cm³/mol. The van der Waals surface area contributed by atoms with Crippen molar-refractivity contribution in [2.45, 2.75) is 19.3 Å². The summed E-state index contributed by atoms with van der Waals surface area (Å²) in [6.07, 6.45) is 3.03. The molecule has 2 rings (SSSR count). The molecule has 1 amide bonds. The average molecular weight is 198 g/mol. The van der Waals surface area contributed by atoms with Gasteiger partial charge in [0.25, 0.3) is 0 Å². The number of piperidine rings is 1. The summed E-state index contributed by atoms with van der Waals surface area (Å²) in [5.41, 5.74) is 0. The third-order valence-corrected chi connectivity index (χ3v) is 3.56. The Bertz CT molecular complexity index is 224. The van der Waals surface area contributed by atoms with E-state index in [0.717, 1.165) is 37.4 Å². The zero-order valence-electron chi connectivity index (χ0n) is 8.65. The van der Waals surface area contributed by atoms with Gasteiger partial charge >= 0.3 is 0 Å². The molecule has 0 aromatic rings. The van der Waals surface area contributed by atoms with Crippen LogP contribution in [0.15, 0.2) is 0 Å². The van der Waals surface area contributed by atoms with Gasteiger partial charge in [0.2, 0.25) is 5.91 Å². The highest BCUT2D eigenvalue weighted by atomic mass is 16.5. The van der Waals surface area contributed by atoms with Crippen molar-refractivity contribution in [1.82, 2.24) is 9.96 Å². The van der Waals surface area contributed by atoms with Crippen molar-refractivity contribution in [3.8, 4) is 0 Å². The van der Waals surface area contributed by atoms with Gasteiger partial charge in [-0.25, -0.2) is 5.06 Å². The van der Waals surface area contributed by atoms with Gasteiger partial charge in [-0.05, 0) is 45.3 Å². The van der Waals surface area contributed by atoms with Crippen molar-refractivity contribution in [2.24, 2.45) is 11.8 Å². The summed E-state index contributed by atoms with van der Waals surface area (Å²) in [4.78, 5) is 13.8. The summed E-state index contributed by atoms with van der Waals surface area (Å²) in [5.74, 6) is 0.532. The molecule has 1 unspecified atom stereocenters. The van der Waals surface area contributed by atoms with Crippen molar-refractivity contribution in [2.75, 3.05) is 26.7 Å². The van der Waals surface area contributed by atoms with Crippen LogP contribution in [0.4, 0.5) is 0 Å². The minimum atomic E-state index is -0.0560. The lowest BCUT2D eigenvalue weighted by molar-refractivity contribution is -0.161. The predicted octanol–water partition coefficient (Wildman–Crippen LogP) is 0.566. The van der Waals surface area contributed by atoms with Crippen LogP contribution in [0, 0.1) is 11.8 Å². The molecule has 4 heteroatoms. The van der Waals surface area contributed by atoms with Gasteiger partial charge in [-0.3, -0.25) is 10.0 Å². The van der Waals surface area contributed by atoms with Crippen LogP contribution in [0.3, 0.4) is 0 Å². The Morgan fingerprint density at radius 3 is 2.36 bits per heavy atom. The van der Waals surface area contributed by atoms with E-state index < -0.39 is 0 Å². The molecule has 2 saturated heterocycles. The fourth-order valence-corrected chi connectivity index (χ4v) is 2.55. The molecule has 2 aliphatic heterocycles. The quantitative estimate of drug-likeness (QED) is 0.626. The van der Waals surface area contributed by atoms with Crippen LogP contribution in [0.2, 0.25) is 0 Å². The van der Waals surface area contributed by atoms with E-state index >= 15 is 0 Å². The Kier molecular flexibility index (Phi) is 2.74. The Morgan fingerprint density at radius 2 is 1.86 bits per heavy atom. The molecule has 2 heterocycles. The smallest absolute Gasteiger partial charge is 0.249 e. The van der Waals surface area contributed by atoms with E-state index in [2.05, 4.69) is 11.9 Å². The van der Waals surface area contributed by atoms with E-state index in [-0.39, 0.29) is 11.8 Å². The molecule has 0 aromatic heterocycles. The second-order valence-corrected chi connectivity index (χ2v) is 4.50. The molecule has 4 nitrogen and oxygen atoms in total. The largest absolute Gasteiger partial charge is 0.306 e. The zero-order valence-corrected chi connectivity index (χ0v) is 8.65. The number of amides is 1. The van der Waals surface area contributed by atoms with Crippen LogP contribution < -0.4 is 0 Å². The van der Waals surface area contributed by atoms with Crippen molar-refractivity contribution < 1.29 is 10.0 Å². The van der Waals surface area contributed by atoms with E-state index in [1.54, 1.807) is 0 Å². The molecular formula is C10H18N2O2. The second kappa shape index (κ2) is 3.87. The lowest BCUT2D eigenvalue weighted by Crippen LogP contribution is -2.36. The van der Waals surface area contributed by atoms with Gasteiger partial charge in [0.05, 0.1) is 0 Å². The molecule has 1 atom stereocenters. The third-order valence-electron chi connectivity index (χ3n) is 3.56. The average Bonchev–Trinajstić information content (AvgIpc) is 2.50. The number of nitrogens with zero attached hydrogens (tertiary/aromatic N) is 2. The molecule has 0 radical (unpaired) electrons. The highest BCUT2D eigenvalue weighted by Gasteiger charge is 2.37. The van der Waals surface area contributed by atoms with Gasteiger partial charge in [-0.15, -0.1) is 0 Å². The fraction of sp³-hybridized carbons (Fsp3) is 0.900. The number of hydrogen-bond donors (Lipinski definition) is 1. The first-order valence-electron chi connectivity index (χ1n) is 5.37. The fourth-order valence-electron chi connectivity index (χ4n) is 2.55. The molecule has 0 aliphatic carbocycles. The number of carbonyl (C=O) groups excluding carboxylic acids is 1. The maximum Gasteiger partial charge on any atom is 0.249 e. The molecule has 0 aromatic carbocycles. The van der Waals surface area contributed by atoms with Crippen LogP contribution in [0.1, 0.15) is 19.3 Å². The van der Waals surface area contributed by atoms with Crippen molar-refractivity contribution in [3.05, 3.63) is 0 Å². The maximum atomic E-state index is 11.5. The van der Waals surface area contributed by atoms with E-state index in [1.807, 2.05) is 0 Å². The zero-order chi connectivity index (χ0) is 10.1. The molecule has 14 heavy (non-hydrogen) atoms. The van der Waals surface area contributed by atoms with Crippen molar-refractivity contribution in [1.29, 1.82) is 0 Å². The summed E-state index contributed by atoms with van der Waals surface area (Å²) < 4.78 is 0. The third kappa shape index (κ3) is 1.77. The molecule has 0 saturated carbocycles. The molecule has 2 aliphatic rings. The molecule has 2 fully saturated rings. The first kappa shape index (κ1) is 9.93. The van der Waals surface area contributed by atoms with Gasteiger partial charge in [-0.1, -0.05) is 0 Å². The lowest BCUT2D eigenvalue weighted by atomic mass is 9.83. The Hall–Kier alpha value is -0.610. The van der Waals surface area contributed by atoms with Gasteiger partial charge in [-0.2, -0.15) is 0 Å². The topological polar surface area (TPSA) is 43.8 Å². The summed E-state index contributed by atoms with van der Waals surface area (Å²) in [7, 11) is 2.12. The standard InChI is InChI=1S/C10H18N2O2/c1-11-5-2-8(3-6-11)9-4-7-12(14)10(9)13/h8-9,14H,2-7H2,1H3. The van der Waals surface area contributed by atoms with Crippen molar-refractivity contribution >= 4 is 5.91 Å². The van der Waals surface area contributed by atoms with Crippen LogP contribution in [-0.2, 0) is 4.79 Å². The van der Waals surface area contributed by atoms with Crippen LogP contribution in [0.5, 0.6) is 0 Å². The van der Waals surface area contributed by atoms with Gasteiger partial charge in [0, 0.05) is 12.5 Å².